The van der Waals surface area contributed by atoms with E-state index in [9.17, 15) is 4.79 Å². The van der Waals surface area contributed by atoms with E-state index in [1.807, 2.05) is 10.8 Å². The Labute approximate surface area is 107 Å². The van der Waals surface area contributed by atoms with Gasteiger partial charge in [-0.3, -0.25) is 4.79 Å². The van der Waals surface area contributed by atoms with Gasteiger partial charge >= 0.3 is 0 Å². The minimum atomic E-state index is -0.0472. The standard InChI is InChI=1S/C10H12N4OS2/c11-4-9-14-7(6-17-9)3-8(15)13-5-10-12-1-2-16-10/h1-2,6H,3-5,11H2,(H,13,15). The summed E-state index contributed by atoms with van der Waals surface area (Å²) >= 11 is 3.00. The molecule has 5 nitrogen and oxygen atoms in total. The lowest BCUT2D eigenvalue weighted by Crippen LogP contribution is -2.24. The summed E-state index contributed by atoms with van der Waals surface area (Å²) in [5.74, 6) is -0.0472. The smallest absolute Gasteiger partial charge is 0.226 e. The molecule has 0 aromatic carbocycles. The topological polar surface area (TPSA) is 80.9 Å². The molecule has 0 bridgehead atoms. The Bertz CT molecular complexity index is 480. The SMILES string of the molecule is NCc1nc(CC(=O)NCc2nccs2)cs1. The first-order valence-electron chi connectivity index (χ1n) is 5.06. The summed E-state index contributed by atoms with van der Waals surface area (Å²) in [6, 6.07) is 0. The summed E-state index contributed by atoms with van der Waals surface area (Å²) < 4.78 is 0. The quantitative estimate of drug-likeness (QED) is 0.845. The minimum absolute atomic E-state index is 0.0472. The fraction of sp³-hybridized carbons (Fsp3) is 0.300. The highest BCUT2D eigenvalue weighted by Crippen LogP contribution is 2.09. The van der Waals surface area contributed by atoms with Crippen LogP contribution in [0.25, 0.3) is 0 Å². The highest BCUT2D eigenvalue weighted by molar-refractivity contribution is 7.09. The minimum Gasteiger partial charge on any atom is -0.349 e. The maximum Gasteiger partial charge on any atom is 0.226 e. The maximum absolute atomic E-state index is 11.6. The van der Waals surface area contributed by atoms with Crippen LogP contribution < -0.4 is 11.1 Å². The van der Waals surface area contributed by atoms with Gasteiger partial charge in [-0.05, 0) is 0 Å². The highest BCUT2D eigenvalue weighted by Gasteiger charge is 2.07. The molecule has 0 radical (unpaired) electrons. The summed E-state index contributed by atoms with van der Waals surface area (Å²) in [6.07, 6.45) is 2.02. The molecular weight excluding hydrogens is 256 g/mol. The van der Waals surface area contributed by atoms with Gasteiger partial charge in [-0.25, -0.2) is 9.97 Å². The number of nitrogens with two attached hydrogens (primary N) is 1. The summed E-state index contributed by atoms with van der Waals surface area (Å²) in [5.41, 5.74) is 6.23. The number of nitrogens with zero attached hydrogens (tertiary/aromatic N) is 2. The lowest BCUT2D eigenvalue weighted by atomic mass is 10.3. The van der Waals surface area contributed by atoms with Gasteiger partial charge in [-0.1, -0.05) is 0 Å². The van der Waals surface area contributed by atoms with Crippen LogP contribution in [0.4, 0.5) is 0 Å². The van der Waals surface area contributed by atoms with Crippen molar-refractivity contribution in [1.82, 2.24) is 15.3 Å². The van der Waals surface area contributed by atoms with E-state index < -0.39 is 0 Å². The van der Waals surface area contributed by atoms with Crippen molar-refractivity contribution in [3.05, 3.63) is 32.7 Å². The normalized spacial score (nSPS) is 10.4. The third kappa shape index (κ3) is 3.58. The Balaban J connectivity index is 1.81. The third-order valence-corrected chi connectivity index (χ3v) is 3.74. The van der Waals surface area contributed by atoms with Crippen molar-refractivity contribution in [3.8, 4) is 0 Å². The van der Waals surface area contributed by atoms with Gasteiger partial charge < -0.3 is 11.1 Å². The lowest BCUT2D eigenvalue weighted by molar-refractivity contribution is -0.120. The average molecular weight is 268 g/mol. The molecule has 0 aliphatic carbocycles. The molecule has 0 fully saturated rings. The fourth-order valence-corrected chi connectivity index (χ4v) is 2.50. The Morgan fingerprint density at radius 3 is 2.94 bits per heavy atom. The number of nitrogens with one attached hydrogen (secondary N) is 1. The predicted molar refractivity (Wildman–Crippen MR) is 67.7 cm³/mol. The van der Waals surface area contributed by atoms with E-state index in [1.54, 1.807) is 6.20 Å². The fourth-order valence-electron chi connectivity index (χ4n) is 1.27. The molecule has 1 amide bonds. The second-order valence-corrected chi connectivity index (χ2v) is 5.24. The van der Waals surface area contributed by atoms with E-state index in [0.29, 0.717) is 19.5 Å². The van der Waals surface area contributed by atoms with Gasteiger partial charge in [-0.2, -0.15) is 0 Å². The zero-order chi connectivity index (χ0) is 12.1. The van der Waals surface area contributed by atoms with Crippen LogP contribution in [-0.4, -0.2) is 15.9 Å². The van der Waals surface area contributed by atoms with E-state index in [0.717, 1.165) is 15.7 Å². The monoisotopic (exact) mass is 268 g/mol. The van der Waals surface area contributed by atoms with Gasteiger partial charge in [0.15, 0.2) is 0 Å². The molecule has 3 N–H and O–H groups in total. The van der Waals surface area contributed by atoms with Gasteiger partial charge in [0.2, 0.25) is 5.91 Å². The van der Waals surface area contributed by atoms with Crippen LogP contribution in [-0.2, 0) is 24.3 Å². The Kier molecular flexibility index (Phi) is 4.18. The van der Waals surface area contributed by atoms with Crippen LogP contribution in [0.3, 0.4) is 0 Å². The lowest BCUT2D eigenvalue weighted by Gasteiger charge is -2.00. The number of hydrogen-bond donors (Lipinski definition) is 2. The Morgan fingerprint density at radius 1 is 1.41 bits per heavy atom. The number of aromatic nitrogens is 2. The van der Waals surface area contributed by atoms with Gasteiger partial charge in [0.1, 0.15) is 10.0 Å². The number of thiazole rings is 2. The first-order valence-corrected chi connectivity index (χ1v) is 6.82. The second kappa shape index (κ2) is 5.85. The summed E-state index contributed by atoms with van der Waals surface area (Å²) in [7, 11) is 0. The number of carbonyl (C=O) groups excluding carboxylic acids is 1. The van der Waals surface area contributed by atoms with Crippen molar-refractivity contribution < 1.29 is 4.79 Å². The maximum atomic E-state index is 11.6. The van der Waals surface area contributed by atoms with E-state index in [-0.39, 0.29) is 5.91 Å². The van der Waals surface area contributed by atoms with E-state index >= 15 is 0 Å². The van der Waals surface area contributed by atoms with Crippen LogP contribution in [0.1, 0.15) is 15.7 Å². The molecule has 2 rings (SSSR count). The van der Waals surface area contributed by atoms with Crippen molar-refractivity contribution in [2.24, 2.45) is 5.73 Å². The molecule has 0 aliphatic heterocycles. The molecular formula is C10H12N4OS2. The first kappa shape index (κ1) is 12.2. The molecule has 0 saturated heterocycles. The number of rotatable bonds is 5. The van der Waals surface area contributed by atoms with Crippen molar-refractivity contribution in [2.45, 2.75) is 19.5 Å². The van der Waals surface area contributed by atoms with E-state index in [1.165, 1.54) is 22.7 Å². The van der Waals surface area contributed by atoms with Gasteiger partial charge in [0.05, 0.1) is 18.7 Å². The third-order valence-electron chi connectivity index (χ3n) is 2.04. The van der Waals surface area contributed by atoms with E-state index in [4.69, 9.17) is 5.73 Å². The molecule has 0 unspecified atom stereocenters. The van der Waals surface area contributed by atoms with Crippen molar-refractivity contribution >= 4 is 28.6 Å². The largest absolute Gasteiger partial charge is 0.349 e. The van der Waals surface area contributed by atoms with Crippen LogP contribution >= 0.6 is 22.7 Å². The Morgan fingerprint density at radius 2 is 2.29 bits per heavy atom. The number of carbonyl (C=O) groups is 1. The highest BCUT2D eigenvalue weighted by atomic mass is 32.1. The second-order valence-electron chi connectivity index (χ2n) is 3.32. The first-order chi connectivity index (χ1) is 8.28. The van der Waals surface area contributed by atoms with Gasteiger partial charge in [-0.15, -0.1) is 22.7 Å². The molecule has 0 saturated carbocycles. The predicted octanol–water partition coefficient (Wildman–Crippen LogP) is 0.917. The van der Waals surface area contributed by atoms with Crippen molar-refractivity contribution in [3.63, 3.8) is 0 Å². The van der Waals surface area contributed by atoms with Gasteiger partial charge in [0, 0.05) is 23.5 Å². The van der Waals surface area contributed by atoms with E-state index in [2.05, 4.69) is 15.3 Å². The molecule has 7 heteroatoms. The van der Waals surface area contributed by atoms with Crippen molar-refractivity contribution in [2.75, 3.05) is 0 Å². The zero-order valence-corrected chi connectivity index (χ0v) is 10.7. The van der Waals surface area contributed by atoms with Crippen molar-refractivity contribution in [1.29, 1.82) is 0 Å². The molecule has 2 aromatic rings. The molecule has 90 valence electrons. The van der Waals surface area contributed by atoms with Crippen LogP contribution in [0.5, 0.6) is 0 Å². The molecule has 0 atom stereocenters. The molecule has 0 aliphatic rings. The summed E-state index contributed by atoms with van der Waals surface area (Å²) in [5, 5.41) is 8.31. The Hall–Kier alpha value is -1.31. The molecule has 17 heavy (non-hydrogen) atoms. The summed E-state index contributed by atoms with van der Waals surface area (Å²) in [6.45, 7) is 0.899. The van der Waals surface area contributed by atoms with Crippen LogP contribution in [0.2, 0.25) is 0 Å². The number of amides is 1. The zero-order valence-electron chi connectivity index (χ0n) is 9.05. The van der Waals surface area contributed by atoms with Gasteiger partial charge in [0.25, 0.3) is 0 Å². The average Bonchev–Trinajstić information content (AvgIpc) is 2.97. The molecule has 0 spiro atoms. The van der Waals surface area contributed by atoms with Crippen LogP contribution in [0.15, 0.2) is 17.0 Å². The molecule has 2 heterocycles. The van der Waals surface area contributed by atoms with Crippen LogP contribution in [0, 0.1) is 0 Å². The summed E-state index contributed by atoms with van der Waals surface area (Å²) in [4.78, 5) is 19.9. The number of hydrogen-bond acceptors (Lipinski definition) is 6. The molecule has 2 aromatic heterocycles.